The maximum absolute atomic E-state index is 12.0. The molecule has 23 heavy (non-hydrogen) atoms. The predicted molar refractivity (Wildman–Crippen MR) is 92.9 cm³/mol. The van der Waals surface area contributed by atoms with Crippen LogP contribution in [0.1, 0.15) is 16.3 Å². The summed E-state index contributed by atoms with van der Waals surface area (Å²) in [5.74, 6) is 0.343. The van der Waals surface area contributed by atoms with Crippen LogP contribution in [0.2, 0.25) is 5.02 Å². The van der Waals surface area contributed by atoms with Crippen molar-refractivity contribution in [3.63, 3.8) is 0 Å². The fraction of sp³-hybridized carbons (Fsp3) is 0.118. The lowest BCUT2D eigenvalue weighted by Crippen LogP contribution is -2.15. The van der Waals surface area contributed by atoms with Crippen LogP contribution >= 0.6 is 22.9 Å². The quantitative estimate of drug-likeness (QED) is 0.762. The largest absolute Gasteiger partial charge is 0.310 e. The van der Waals surface area contributed by atoms with Crippen molar-refractivity contribution >= 4 is 34.7 Å². The average Bonchev–Trinajstić information content (AvgIpc) is 2.97. The smallest absolute Gasteiger partial charge is 0.231 e. The van der Waals surface area contributed by atoms with Gasteiger partial charge in [-0.3, -0.25) is 4.79 Å². The predicted octanol–water partition coefficient (Wildman–Crippen LogP) is 3.96. The first-order chi connectivity index (χ1) is 11.2. The number of hydrogen-bond acceptors (Lipinski definition) is 4. The van der Waals surface area contributed by atoms with Gasteiger partial charge >= 0.3 is 0 Å². The highest BCUT2D eigenvalue weighted by Gasteiger charge is 2.09. The van der Waals surface area contributed by atoms with Crippen molar-refractivity contribution < 1.29 is 4.79 Å². The minimum Gasteiger partial charge on any atom is -0.310 e. The van der Waals surface area contributed by atoms with E-state index in [4.69, 9.17) is 11.6 Å². The number of nitrogens with one attached hydrogen (secondary N) is 1. The van der Waals surface area contributed by atoms with Gasteiger partial charge in [-0.15, -0.1) is 11.3 Å². The van der Waals surface area contributed by atoms with Gasteiger partial charge in [-0.1, -0.05) is 41.9 Å². The Morgan fingerprint density at radius 3 is 2.74 bits per heavy atom. The molecule has 0 saturated heterocycles. The minimum absolute atomic E-state index is 0.142. The van der Waals surface area contributed by atoms with E-state index in [1.54, 1.807) is 23.5 Å². The number of thiazole rings is 1. The van der Waals surface area contributed by atoms with Crippen LogP contribution in [0.4, 0.5) is 5.82 Å². The Kier molecular flexibility index (Phi) is 5.00. The second kappa shape index (κ2) is 7.35. The molecule has 0 saturated carbocycles. The maximum atomic E-state index is 12.0. The highest BCUT2D eigenvalue weighted by molar-refractivity contribution is 7.09. The second-order valence-corrected chi connectivity index (χ2v) is 6.36. The van der Waals surface area contributed by atoms with E-state index in [0.717, 1.165) is 17.1 Å². The van der Waals surface area contributed by atoms with E-state index >= 15 is 0 Å². The Morgan fingerprint density at radius 2 is 2.00 bits per heavy atom. The van der Waals surface area contributed by atoms with E-state index in [2.05, 4.69) is 27.4 Å². The Morgan fingerprint density at radius 1 is 1.17 bits per heavy atom. The monoisotopic (exact) mass is 343 g/mol. The van der Waals surface area contributed by atoms with Gasteiger partial charge in [0.2, 0.25) is 5.91 Å². The summed E-state index contributed by atoms with van der Waals surface area (Å²) in [5.41, 5.74) is 1.98. The van der Waals surface area contributed by atoms with Crippen molar-refractivity contribution in [2.45, 2.75) is 12.8 Å². The molecule has 1 N–H and O–H groups in total. The summed E-state index contributed by atoms with van der Waals surface area (Å²) in [6.45, 7) is 0. The normalized spacial score (nSPS) is 10.5. The lowest BCUT2D eigenvalue weighted by molar-refractivity contribution is -0.115. The number of rotatable bonds is 5. The SMILES string of the molecule is O=C(Cc1csc(Cc2ccccc2)n1)Nc1ccc(Cl)cn1. The van der Waals surface area contributed by atoms with Crippen LogP contribution in [-0.2, 0) is 17.6 Å². The van der Waals surface area contributed by atoms with Gasteiger partial charge in [0, 0.05) is 18.0 Å². The molecule has 4 nitrogen and oxygen atoms in total. The molecule has 2 aromatic heterocycles. The van der Waals surface area contributed by atoms with Gasteiger partial charge in [-0.05, 0) is 17.7 Å². The lowest BCUT2D eigenvalue weighted by Gasteiger charge is -2.02. The topological polar surface area (TPSA) is 54.9 Å². The summed E-state index contributed by atoms with van der Waals surface area (Å²) < 4.78 is 0. The van der Waals surface area contributed by atoms with E-state index in [1.165, 1.54) is 11.8 Å². The number of carbonyl (C=O) groups is 1. The molecule has 1 amide bonds. The van der Waals surface area contributed by atoms with Crippen LogP contribution < -0.4 is 5.32 Å². The van der Waals surface area contributed by atoms with Crippen molar-refractivity contribution in [1.29, 1.82) is 0 Å². The van der Waals surface area contributed by atoms with Crippen LogP contribution in [0.15, 0.2) is 54.0 Å². The van der Waals surface area contributed by atoms with Gasteiger partial charge in [0.05, 0.1) is 22.1 Å². The fourth-order valence-corrected chi connectivity index (χ4v) is 3.02. The molecular formula is C17H14ClN3OS. The summed E-state index contributed by atoms with van der Waals surface area (Å²) in [6, 6.07) is 13.5. The molecule has 2 heterocycles. The molecular weight excluding hydrogens is 330 g/mol. The summed E-state index contributed by atoms with van der Waals surface area (Å²) in [7, 11) is 0. The average molecular weight is 344 g/mol. The van der Waals surface area contributed by atoms with E-state index in [0.29, 0.717) is 10.8 Å². The number of carbonyl (C=O) groups excluding carboxylic acids is 1. The molecule has 0 spiro atoms. The molecule has 0 radical (unpaired) electrons. The minimum atomic E-state index is -0.142. The molecule has 116 valence electrons. The molecule has 0 aliphatic carbocycles. The Bertz CT molecular complexity index is 787. The van der Waals surface area contributed by atoms with Gasteiger partial charge in [0.15, 0.2) is 0 Å². The van der Waals surface area contributed by atoms with Crippen molar-refractivity contribution in [3.05, 3.63) is 75.3 Å². The fourth-order valence-electron chi connectivity index (χ4n) is 2.08. The molecule has 0 atom stereocenters. The van der Waals surface area contributed by atoms with E-state index < -0.39 is 0 Å². The van der Waals surface area contributed by atoms with Crippen LogP contribution in [-0.4, -0.2) is 15.9 Å². The molecule has 0 unspecified atom stereocenters. The van der Waals surface area contributed by atoms with Crippen LogP contribution in [0.3, 0.4) is 0 Å². The van der Waals surface area contributed by atoms with Crippen LogP contribution in [0.5, 0.6) is 0 Å². The Balaban J connectivity index is 1.58. The number of pyridine rings is 1. The lowest BCUT2D eigenvalue weighted by atomic mass is 10.2. The van der Waals surface area contributed by atoms with Gasteiger partial charge in [0.1, 0.15) is 5.82 Å². The highest BCUT2D eigenvalue weighted by atomic mass is 35.5. The molecule has 0 aliphatic rings. The molecule has 3 aromatic rings. The number of anilines is 1. The Hall–Kier alpha value is -2.24. The number of halogens is 1. The molecule has 3 rings (SSSR count). The van der Waals surface area contributed by atoms with Crippen molar-refractivity contribution in [1.82, 2.24) is 9.97 Å². The standard InChI is InChI=1S/C17H14ClN3OS/c18-13-6-7-15(19-10-13)21-16(22)9-14-11-23-17(20-14)8-12-4-2-1-3-5-12/h1-7,10-11H,8-9H2,(H,19,21,22). The van der Waals surface area contributed by atoms with Gasteiger partial charge in [-0.25, -0.2) is 9.97 Å². The molecule has 0 aliphatic heterocycles. The summed E-state index contributed by atoms with van der Waals surface area (Å²) >= 11 is 7.33. The van der Waals surface area contributed by atoms with E-state index in [1.807, 2.05) is 23.6 Å². The van der Waals surface area contributed by atoms with Gasteiger partial charge in [-0.2, -0.15) is 0 Å². The third kappa shape index (κ3) is 4.61. The molecule has 0 fully saturated rings. The molecule has 6 heteroatoms. The van der Waals surface area contributed by atoms with Crippen molar-refractivity contribution in [2.24, 2.45) is 0 Å². The Labute approximate surface area is 143 Å². The number of nitrogens with zero attached hydrogens (tertiary/aromatic N) is 2. The van der Waals surface area contributed by atoms with E-state index in [-0.39, 0.29) is 12.3 Å². The first kappa shape index (κ1) is 15.6. The van der Waals surface area contributed by atoms with Gasteiger partial charge < -0.3 is 5.32 Å². The number of amides is 1. The zero-order valence-corrected chi connectivity index (χ0v) is 13.8. The third-order valence-electron chi connectivity index (χ3n) is 3.13. The van der Waals surface area contributed by atoms with Gasteiger partial charge in [0.25, 0.3) is 0 Å². The third-order valence-corrected chi connectivity index (χ3v) is 4.26. The number of hydrogen-bond donors (Lipinski definition) is 1. The van der Waals surface area contributed by atoms with Crippen molar-refractivity contribution in [2.75, 3.05) is 5.32 Å². The first-order valence-electron chi connectivity index (χ1n) is 7.07. The zero-order chi connectivity index (χ0) is 16.1. The molecule has 0 bridgehead atoms. The first-order valence-corrected chi connectivity index (χ1v) is 8.33. The summed E-state index contributed by atoms with van der Waals surface area (Å²) in [6.07, 6.45) is 2.51. The maximum Gasteiger partial charge on any atom is 0.231 e. The summed E-state index contributed by atoms with van der Waals surface area (Å²) in [5, 5.41) is 6.19. The van der Waals surface area contributed by atoms with Crippen molar-refractivity contribution in [3.8, 4) is 0 Å². The highest BCUT2D eigenvalue weighted by Crippen LogP contribution is 2.16. The number of benzene rings is 1. The number of aromatic nitrogens is 2. The molecule has 1 aromatic carbocycles. The zero-order valence-electron chi connectivity index (χ0n) is 12.2. The van der Waals surface area contributed by atoms with Crippen LogP contribution in [0, 0.1) is 0 Å². The second-order valence-electron chi connectivity index (χ2n) is 4.98. The summed E-state index contributed by atoms with van der Waals surface area (Å²) in [4.78, 5) is 20.6. The van der Waals surface area contributed by atoms with Crippen LogP contribution in [0.25, 0.3) is 0 Å². The van der Waals surface area contributed by atoms with E-state index in [9.17, 15) is 4.79 Å².